The third-order valence-corrected chi connectivity index (χ3v) is 3.52. The number of nitrogens with one attached hydrogen (secondary N) is 1. The van der Waals surface area contributed by atoms with Crippen LogP contribution in [0.2, 0.25) is 0 Å². The van der Waals surface area contributed by atoms with Crippen LogP contribution in [0.5, 0.6) is 0 Å². The van der Waals surface area contributed by atoms with Gasteiger partial charge in [0.1, 0.15) is 12.2 Å². The number of likely N-dealkylation sites (tertiary alicyclic amines) is 1. The van der Waals surface area contributed by atoms with Crippen molar-refractivity contribution in [1.82, 2.24) is 25.0 Å². The van der Waals surface area contributed by atoms with Crippen LogP contribution in [0.15, 0.2) is 6.33 Å². The van der Waals surface area contributed by atoms with E-state index in [9.17, 15) is 9.59 Å². The molecule has 1 aliphatic heterocycles. The van der Waals surface area contributed by atoms with Crippen LogP contribution in [0.4, 0.5) is 0 Å². The molecule has 2 rings (SSSR count). The maximum Gasteiger partial charge on any atom is 0.225 e. The number of nitrogens with zero attached hydrogens (tertiary/aromatic N) is 4. The van der Waals surface area contributed by atoms with Crippen molar-refractivity contribution in [3.63, 3.8) is 0 Å². The Morgan fingerprint density at radius 1 is 1.47 bits per heavy atom. The van der Waals surface area contributed by atoms with E-state index in [0.29, 0.717) is 25.5 Å². The summed E-state index contributed by atoms with van der Waals surface area (Å²) in [7, 11) is 1.77. The molecule has 0 radical (unpaired) electrons. The van der Waals surface area contributed by atoms with Gasteiger partial charge in [-0.2, -0.15) is 5.10 Å². The molecule has 1 saturated heterocycles. The van der Waals surface area contributed by atoms with Crippen molar-refractivity contribution in [1.29, 1.82) is 0 Å². The fourth-order valence-corrected chi connectivity index (χ4v) is 2.36. The average Bonchev–Trinajstić information content (AvgIpc) is 2.90. The minimum absolute atomic E-state index is 0.00326. The fourth-order valence-electron chi connectivity index (χ4n) is 2.36. The molecule has 1 aromatic heterocycles. The van der Waals surface area contributed by atoms with Crippen LogP contribution in [0.3, 0.4) is 0 Å². The number of piperidine rings is 1. The van der Waals surface area contributed by atoms with Gasteiger partial charge >= 0.3 is 0 Å². The van der Waals surface area contributed by atoms with Crippen molar-refractivity contribution in [3.8, 4) is 0 Å². The van der Waals surface area contributed by atoms with Crippen LogP contribution in [-0.2, 0) is 16.1 Å². The molecule has 0 aromatic carbocycles. The summed E-state index contributed by atoms with van der Waals surface area (Å²) in [6.45, 7) is 3.34. The van der Waals surface area contributed by atoms with Gasteiger partial charge in [-0.25, -0.2) is 4.98 Å². The summed E-state index contributed by atoms with van der Waals surface area (Å²) in [5.41, 5.74) is 0. The molecule has 2 amide bonds. The van der Waals surface area contributed by atoms with E-state index in [1.165, 1.54) is 6.33 Å². The van der Waals surface area contributed by atoms with Crippen molar-refractivity contribution in [2.75, 3.05) is 20.1 Å². The van der Waals surface area contributed by atoms with E-state index in [0.717, 1.165) is 12.8 Å². The molecule has 0 aliphatic carbocycles. The van der Waals surface area contributed by atoms with E-state index in [1.54, 1.807) is 23.8 Å². The van der Waals surface area contributed by atoms with E-state index in [1.807, 2.05) is 0 Å². The Morgan fingerprint density at radius 3 is 2.68 bits per heavy atom. The Balaban J connectivity index is 1.85. The minimum atomic E-state index is 0.00326. The first-order valence-electron chi connectivity index (χ1n) is 6.42. The smallest absolute Gasteiger partial charge is 0.225 e. The van der Waals surface area contributed by atoms with Gasteiger partial charge in [-0.3, -0.25) is 14.7 Å². The lowest BCUT2D eigenvalue weighted by molar-refractivity contribution is -0.139. The Hall–Kier alpha value is -1.92. The standard InChI is InChI=1S/C12H19N5O2/c1-9(18)17-5-3-10(4-6-17)12(19)16(2)7-11-13-8-14-15-11/h8,10H,3-7H2,1-2H3,(H,13,14,15). The van der Waals surface area contributed by atoms with Crippen LogP contribution in [-0.4, -0.2) is 56.9 Å². The lowest BCUT2D eigenvalue weighted by Crippen LogP contribution is -2.42. The zero-order valence-corrected chi connectivity index (χ0v) is 11.3. The summed E-state index contributed by atoms with van der Waals surface area (Å²) < 4.78 is 0. The monoisotopic (exact) mass is 265 g/mol. The number of aromatic amines is 1. The molecule has 0 unspecified atom stereocenters. The molecule has 1 fully saturated rings. The number of carbonyl (C=O) groups is 2. The van der Waals surface area contributed by atoms with Crippen molar-refractivity contribution < 1.29 is 9.59 Å². The first-order valence-corrected chi connectivity index (χ1v) is 6.42. The molecule has 2 heterocycles. The highest BCUT2D eigenvalue weighted by molar-refractivity contribution is 5.79. The highest BCUT2D eigenvalue weighted by Gasteiger charge is 2.28. The van der Waals surface area contributed by atoms with E-state index in [2.05, 4.69) is 15.2 Å². The maximum absolute atomic E-state index is 12.3. The van der Waals surface area contributed by atoms with Crippen LogP contribution in [0.1, 0.15) is 25.6 Å². The second-order valence-electron chi connectivity index (χ2n) is 4.91. The van der Waals surface area contributed by atoms with Gasteiger partial charge in [-0.15, -0.1) is 0 Å². The molecule has 1 aliphatic rings. The van der Waals surface area contributed by atoms with Gasteiger partial charge in [0.05, 0.1) is 6.54 Å². The zero-order valence-electron chi connectivity index (χ0n) is 11.3. The normalized spacial score (nSPS) is 16.4. The topological polar surface area (TPSA) is 82.2 Å². The highest BCUT2D eigenvalue weighted by atomic mass is 16.2. The predicted octanol–water partition coefficient (Wildman–Crippen LogP) is 0.0216. The van der Waals surface area contributed by atoms with E-state index in [-0.39, 0.29) is 17.7 Å². The molecule has 0 saturated carbocycles. The van der Waals surface area contributed by atoms with Crippen molar-refractivity contribution >= 4 is 11.8 Å². The second kappa shape index (κ2) is 5.81. The number of rotatable bonds is 3. The van der Waals surface area contributed by atoms with Gasteiger partial charge in [-0.1, -0.05) is 0 Å². The van der Waals surface area contributed by atoms with Crippen LogP contribution in [0.25, 0.3) is 0 Å². The second-order valence-corrected chi connectivity index (χ2v) is 4.91. The van der Waals surface area contributed by atoms with Gasteiger partial charge in [0.25, 0.3) is 0 Å². The Bertz CT molecular complexity index is 437. The molecular weight excluding hydrogens is 246 g/mol. The van der Waals surface area contributed by atoms with Gasteiger partial charge in [0.2, 0.25) is 11.8 Å². The molecule has 0 bridgehead atoms. The number of hydrogen-bond donors (Lipinski definition) is 1. The third kappa shape index (κ3) is 3.30. The first-order chi connectivity index (χ1) is 9.08. The van der Waals surface area contributed by atoms with Crippen molar-refractivity contribution in [3.05, 3.63) is 12.2 Å². The van der Waals surface area contributed by atoms with Gasteiger partial charge in [-0.05, 0) is 12.8 Å². The lowest BCUT2D eigenvalue weighted by atomic mass is 9.95. The molecule has 7 nitrogen and oxygen atoms in total. The fraction of sp³-hybridized carbons (Fsp3) is 0.667. The summed E-state index contributed by atoms with van der Waals surface area (Å²) in [4.78, 5) is 31.0. The van der Waals surface area contributed by atoms with E-state index in [4.69, 9.17) is 0 Å². The summed E-state index contributed by atoms with van der Waals surface area (Å²) in [6.07, 6.45) is 2.90. The SMILES string of the molecule is CC(=O)N1CCC(C(=O)N(C)Cc2ncn[nH]2)CC1. The van der Waals surface area contributed by atoms with Gasteiger partial charge in [0.15, 0.2) is 0 Å². The van der Waals surface area contributed by atoms with Crippen LogP contribution >= 0.6 is 0 Å². The summed E-state index contributed by atoms with van der Waals surface area (Å²) in [5, 5.41) is 6.50. The first kappa shape index (κ1) is 13.5. The number of hydrogen-bond acceptors (Lipinski definition) is 4. The molecule has 1 aromatic rings. The van der Waals surface area contributed by atoms with Gasteiger partial charge < -0.3 is 9.80 Å². The zero-order chi connectivity index (χ0) is 13.8. The molecular formula is C12H19N5O2. The summed E-state index contributed by atoms with van der Waals surface area (Å²) in [5.74, 6) is 0.876. The quantitative estimate of drug-likeness (QED) is 0.835. The Labute approximate surface area is 112 Å². The molecule has 104 valence electrons. The number of amides is 2. The van der Waals surface area contributed by atoms with Crippen molar-refractivity contribution in [2.45, 2.75) is 26.3 Å². The minimum Gasteiger partial charge on any atom is -0.343 e. The Morgan fingerprint density at radius 2 is 2.16 bits per heavy atom. The van der Waals surface area contributed by atoms with Crippen LogP contribution < -0.4 is 0 Å². The number of carbonyl (C=O) groups excluding carboxylic acids is 2. The lowest BCUT2D eigenvalue weighted by Gasteiger charge is -2.32. The van der Waals surface area contributed by atoms with Crippen LogP contribution in [0, 0.1) is 5.92 Å². The van der Waals surface area contributed by atoms with E-state index >= 15 is 0 Å². The highest BCUT2D eigenvalue weighted by Crippen LogP contribution is 2.19. The van der Waals surface area contributed by atoms with E-state index < -0.39 is 0 Å². The maximum atomic E-state index is 12.3. The largest absolute Gasteiger partial charge is 0.343 e. The average molecular weight is 265 g/mol. The van der Waals surface area contributed by atoms with Crippen molar-refractivity contribution in [2.24, 2.45) is 5.92 Å². The summed E-state index contributed by atoms with van der Waals surface area (Å²) >= 11 is 0. The molecule has 1 N–H and O–H groups in total. The third-order valence-electron chi connectivity index (χ3n) is 3.52. The molecule has 0 atom stereocenters. The molecule has 0 spiro atoms. The molecule has 19 heavy (non-hydrogen) atoms. The Kier molecular flexibility index (Phi) is 4.13. The predicted molar refractivity (Wildman–Crippen MR) is 67.8 cm³/mol. The number of aromatic nitrogens is 3. The summed E-state index contributed by atoms with van der Waals surface area (Å²) in [6, 6.07) is 0. The number of H-pyrrole nitrogens is 1. The molecule has 7 heteroatoms. The van der Waals surface area contributed by atoms with Gasteiger partial charge in [0, 0.05) is 33.0 Å².